The van der Waals surface area contributed by atoms with Gasteiger partial charge in [0.15, 0.2) is 5.78 Å². The summed E-state index contributed by atoms with van der Waals surface area (Å²) in [5, 5.41) is 7.28. The van der Waals surface area contributed by atoms with E-state index in [1.54, 1.807) is 0 Å². The van der Waals surface area contributed by atoms with Crippen molar-refractivity contribution >= 4 is 33.1 Å². The fourth-order valence-electron chi connectivity index (χ4n) is 4.79. The smallest absolute Gasteiger partial charge is 0.163 e. The molecule has 1 aliphatic carbocycles. The van der Waals surface area contributed by atoms with Gasteiger partial charge in [0, 0.05) is 22.2 Å². The molecular formula is C28H27BrN2O. The maximum atomic E-state index is 13.6. The van der Waals surface area contributed by atoms with E-state index in [1.807, 2.05) is 12.1 Å². The Kier molecular flexibility index (Phi) is 5.64. The zero-order valence-electron chi connectivity index (χ0n) is 18.4. The van der Waals surface area contributed by atoms with Gasteiger partial charge in [-0.15, -0.1) is 0 Å². The molecule has 2 aliphatic rings. The minimum Gasteiger partial charge on any atom is -0.372 e. The van der Waals surface area contributed by atoms with E-state index in [-0.39, 0.29) is 17.7 Å². The van der Waals surface area contributed by atoms with Crippen molar-refractivity contribution in [3.8, 4) is 0 Å². The number of anilines is 2. The second-order valence-corrected chi connectivity index (χ2v) is 9.63. The van der Waals surface area contributed by atoms with Crippen molar-refractivity contribution in [2.45, 2.75) is 45.1 Å². The molecule has 2 atom stereocenters. The average molecular weight is 487 g/mol. The van der Waals surface area contributed by atoms with Crippen LogP contribution in [0.1, 0.15) is 54.0 Å². The van der Waals surface area contributed by atoms with Crippen molar-refractivity contribution in [2.75, 3.05) is 10.6 Å². The first kappa shape index (κ1) is 21.0. The van der Waals surface area contributed by atoms with Gasteiger partial charge in [0.2, 0.25) is 0 Å². The zero-order valence-corrected chi connectivity index (χ0v) is 20.0. The predicted molar refractivity (Wildman–Crippen MR) is 135 cm³/mol. The first-order valence-corrected chi connectivity index (χ1v) is 12.1. The quantitative estimate of drug-likeness (QED) is 0.407. The van der Waals surface area contributed by atoms with Crippen LogP contribution in [-0.2, 0) is 11.2 Å². The first-order chi connectivity index (χ1) is 15.5. The van der Waals surface area contributed by atoms with E-state index < -0.39 is 0 Å². The number of allylic oxidation sites excluding steroid dienone is 1. The number of fused-ring (bicyclic) bond motifs is 1. The van der Waals surface area contributed by atoms with E-state index in [2.05, 4.69) is 95.0 Å². The topological polar surface area (TPSA) is 41.1 Å². The van der Waals surface area contributed by atoms with Gasteiger partial charge in [0.05, 0.1) is 17.4 Å². The maximum Gasteiger partial charge on any atom is 0.163 e. The lowest BCUT2D eigenvalue weighted by Crippen LogP contribution is -2.26. The summed E-state index contributed by atoms with van der Waals surface area (Å²) in [5.74, 6) is 0.403. The van der Waals surface area contributed by atoms with Gasteiger partial charge in [-0.05, 0) is 66.1 Å². The Bertz CT molecular complexity index is 1210. The van der Waals surface area contributed by atoms with Crippen LogP contribution in [0, 0.1) is 6.92 Å². The summed E-state index contributed by atoms with van der Waals surface area (Å²) in [4.78, 5) is 13.6. The number of hydrogen-bond acceptors (Lipinski definition) is 3. The second kappa shape index (κ2) is 8.59. The van der Waals surface area contributed by atoms with Crippen molar-refractivity contribution in [1.82, 2.24) is 0 Å². The van der Waals surface area contributed by atoms with Crippen LogP contribution in [0.15, 0.2) is 82.5 Å². The predicted octanol–water partition coefficient (Wildman–Crippen LogP) is 7.30. The molecule has 0 fully saturated rings. The SMILES string of the molecule is CCc1ccc(C2CC(=O)C3=C(C2)Nc2ccccc2NC3c2ccc(C)c(Br)c2)cc1. The number of Topliss-reactive ketones (excluding diaryl/α,β-unsaturated/α-hetero) is 1. The molecule has 2 N–H and O–H groups in total. The molecule has 1 heterocycles. The number of carbonyl (C=O) groups is 1. The van der Waals surface area contributed by atoms with E-state index in [4.69, 9.17) is 0 Å². The fourth-order valence-corrected chi connectivity index (χ4v) is 5.19. The van der Waals surface area contributed by atoms with Crippen LogP contribution in [0.2, 0.25) is 0 Å². The molecule has 3 aromatic carbocycles. The number of aryl methyl sites for hydroxylation is 2. The van der Waals surface area contributed by atoms with Gasteiger partial charge in [-0.2, -0.15) is 0 Å². The summed E-state index contributed by atoms with van der Waals surface area (Å²) in [5.41, 5.74) is 8.76. The Morgan fingerprint density at radius 3 is 2.38 bits per heavy atom. The van der Waals surface area contributed by atoms with Gasteiger partial charge in [-0.1, -0.05) is 71.4 Å². The minimum atomic E-state index is -0.186. The van der Waals surface area contributed by atoms with Gasteiger partial charge < -0.3 is 10.6 Å². The van der Waals surface area contributed by atoms with E-state index in [9.17, 15) is 4.79 Å². The molecule has 0 radical (unpaired) electrons. The van der Waals surface area contributed by atoms with Crippen molar-refractivity contribution in [3.63, 3.8) is 0 Å². The Labute approximate surface area is 198 Å². The van der Waals surface area contributed by atoms with Crippen LogP contribution in [0.4, 0.5) is 11.4 Å². The zero-order chi connectivity index (χ0) is 22.2. The molecule has 0 bridgehead atoms. The fraction of sp³-hybridized carbons (Fsp3) is 0.250. The standard InChI is InChI=1S/C28H27BrN2O/c1-3-18-9-12-19(13-10-18)21-15-25-27(26(32)16-21)28(20-11-8-17(2)22(29)14-20)31-24-7-5-4-6-23(24)30-25/h4-14,21,28,30-31H,3,15-16H2,1-2H3. The summed E-state index contributed by atoms with van der Waals surface area (Å²) in [6.07, 6.45) is 2.39. The van der Waals surface area contributed by atoms with Gasteiger partial charge in [-0.25, -0.2) is 0 Å². The van der Waals surface area contributed by atoms with Crippen molar-refractivity contribution in [2.24, 2.45) is 0 Å². The first-order valence-electron chi connectivity index (χ1n) is 11.3. The highest BCUT2D eigenvalue weighted by Gasteiger charge is 2.36. The molecule has 3 nitrogen and oxygen atoms in total. The summed E-state index contributed by atoms with van der Waals surface area (Å²) in [6.45, 7) is 4.25. The Balaban J connectivity index is 1.59. The van der Waals surface area contributed by atoms with E-state index >= 15 is 0 Å². The molecule has 2 unspecified atom stereocenters. The molecular weight excluding hydrogens is 460 g/mol. The Morgan fingerprint density at radius 1 is 0.938 bits per heavy atom. The third kappa shape index (κ3) is 3.88. The molecule has 5 rings (SSSR count). The third-order valence-corrected chi connectivity index (χ3v) is 7.55. The number of halogens is 1. The number of para-hydroxylation sites is 2. The van der Waals surface area contributed by atoms with Crippen molar-refractivity contribution in [1.29, 1.82) is 0 Å². The van der Waals surface area contributed by atoms with Crippen molar-refractivity contribution < 1.29 is 4.79 Å². The van der Waals surface area contributed by atoms with E-state index in [1.165, 1.54) is 16.7 Å². The molecule has 3 aromatic rings. The highest BCUT2D eigenvalue weighted by Crippen LogP contribution is 2.44. The van der Waals surface area contributed by atoms with Gasteiger partial charge in [-0.3, -0.25) is 4.79 Å². The number of rotatable bonds is 3. The summed E-state index contributed by atoms with van der Waals surface area (Å²) in [6, 6.07) is 23.1. The average Bonchev–Trinajstić information content (AvgIpc) is 2.98. The molecule has 0 amide bonds. The van der Waals surface area contributed by atoms with Crippen molar-refractivity contribution in [3.05, 3.63) is 105 Å². The second-order valence-electron chi connectivity index (χ2n) is 8.77. The van der Waals surface area contributed by atoms with Gasteiger partial charge in [0.25, 0.3) is 0 Å². The minimum absolute atomic E-state index is 0.186. The Hall–Kier alpha value is -2.85. The normalized spacial score (nSPS) is 20.0. The highest BCUT2D eigenvalue weighted by atomic mass is 79.9. The molecule has 162 valence electrons. The van der Waals surface area contributed by atoms with Crippen LogP contribution < -0.4 is 10.6 Å². The number of benzene rings is 3. The number of carbonyl (C=O) groups excluding carboxylic acids is 1. The lowest BCUT2D eigenvalue weighted by atomic mass is 9.78. The number of hydrogen-bond donors (Lipinski definition) is 2. The molecule has 32 heavy (non-hydrogen) atoms. The lowest BCUT2D eigenvalue weighted by Gasteiger charge is -2.30. The van der Waals surface area contributed by atoms with Crippen LogP contribution in [-0.4, -0.2) is 5.78 Å². The van der Waals surface area contributed by atoms with E-state index in [0.717, 1.165) is 45.5 Å². The van der Waals surface area contributed by atoms with Crippen LogP contribution in [0.25, 0.3) is 0 Å². The van der Waals surface area contributed by atoms with E-state index in [0.29, 0.717) is 6.42 Å². The van der Waals surface area contributed by atoms with Gasteiger partial charge >= 0.3 is 0 Å². The summed E-state index contributed by atoms with van der Waals surface area (Å²) in [7, 11) is 0. The summed E-state index contributed by atoms with van der Waals surface area (Å²) < 4.78 is 1.06. The van der Waals surface area contributed by atoms with Crippen LogP contribution >= 0.6 is 15.9 Å². The summed E-state index contributed by atoms with van der Waals surface area (Å²) >= 11 is 3.67. The number of ketones is 1. The maximum absolute atomic E-state index is 13.6. The number of nitrogens with one attached hydrogen (secondary N) is 2. The highest BCUT2D eigenvalue weighted by molar-refractivity contribution is 9.10. The molecule has 0 saturated carbocycles. The molecule has 0 aromatic heterocycles. The monoisotopic (exact) mass is 486 g/mol. The van der Waals surface area contributed by atoms with Crippen LogP contribution in [0.3, 0.4) is 0 Å². The Morgan fingerprint density at radius 2 is 1.66 bits per heavy atom. The third-order valence-electron chi connectivity index (χ3n) is 6.70. The molecule has 0 saturated heterocycles. The van der Waals surface area contributed by atoms with Crippen LogP contribution in [0.5, 0.6) is 0 Å². The van der Waals surface area contributed by atoms with Gasteiger partial charge in [0.1, 0.15) is 0 Å². The largest absolute Gasteiger partial charge is 0.372 e. The lowest BCUT2D eigenvalue weighted by molar-refractivity contribution is -0.116. The molecule has 4 heteroatoms. The molecule has 1 aliphatic heterocycles. The molecule has 0 spiro atoms.